The predicted octanol–water partition coefficient (Wildman–Crippen LogP) is 0.0388. The molecule has 1 aromatic carbocycles. The summed E-state index contributed by atoms with van der Waals surface area (Å²) < 4.78 is 2.21. The number of nitrogens with two attached hydrogens (primary N) is 2. The Bertz CT molecular complexity index is 1010. The van der Waals surface area contributed by atoms with E-state index in [0.717, 1.165) is 10.1 Å². The van der Waals surface area contributed by atoms with E-state index in [9.17, 15) is 19.2 Å². The first-order valence-electron chi connectivity index (χ1n) is 9.39. The molecule has 0 spiro atoms. The van der Waals surface area contributed by atoms with Crippen LogP contribution in [0.2, 0.25) is 0 Å². The normalized spacial score (nSPS) is 11.2. The summed E-state index contributed by atoms with van der Waals surface area (Å²) >= 11 is 0. The molecular formula is C20H27N5O4. The number of primary amides is 1. The molecule has 0 aliphatic rings. The molecule has 2 aromatic rings. The molecule has 156 valence electrons. The predicted molar refractivity (Wildman–Crippen MR) is 111 cm³/mol. The van der Waals surface area contributed by atoms with Crippen molar-refractivity contribution in [1.82, 2.24) is 14.0 Å². The van der Waals surface area contributed by atoms with Crippen LogP contribution in [0.15, 0.2) is 39.9 Å². The summed E-state index contributed by atoms with van der Waals surface area (Å²) in [5.74, 6) is -1.33. The average Bonchev–Trinajstić information content (AvgIpc) is 2.65. The molecule has 0 saturated heterocycles. The van der Waals surface area contributed by atoms with Gasteiger partial charge < -0.3 is 11.5 Å². The first kappa shape index (κ1) is 22.1. The molecule has 1 aromatic heterocycles. The maximum absolute atomic E-state index is 13.0. The van der Waals surface area contributed by atoms with Gasteiger partial charge in [0.15, 0.2) is 5.78 Å². The number of hydrogen-bond donors (Lipinski definition) is 2. The summed E-state index contributed by atoms with van der Waals surface area (Å²) in [7, 11) is 0. The fraction of sp³-hybridized carbons (Fsp3) is 0.400. The Morgan fingerprint density at radius 1 is 1.07 bits per heavy atom. The number of Topliss-reactive ketones (excluding diaryl/α,β-unsaturated/α-hetero) is 1. The van der Waals surface area contributed by atoms with Crippen molar-refractivity contribution in [2.75, 3.05) is 18.8 Å². The number of benzene rings is 1. The number of rotatable bonds is 9. The smallest absolute Gasteiger partial charge is 0.332 e. The Labute approximate surface area is 168 Å². The Morgan fingerprint density at radius 2 is 1.69 bits per heavy atom. The van der Waals surface area contributed by atoms with E-state index in [1.165, 1.54) is 4.57 Å². The van der Waals surface area contributed by atoms with Crippen LogP contribution in [0.25, 0.3) is 0 Å². The Morgan fingerprint density at radius 3 is 2.21 bits per heavy atom. The minimum atomic E-state index is -0.730. The molecule has 0 saturated carbocycles. The van der Waals surface area contributed by atoms with E-state index < -0.39 is 22.9 Å². The zero-order valence-electron chi connectivity index (χ0n) is 16.9. The number of aromatic nitrogens is 2. The molecule has 0 aliphatic heterocycles. The fourth-order valence-corrected chi connectivity index (χ4v) is 3.06. The van der Waals surface area contributed by atoms with E-state index in [1.54, 1.807) is 25.7 Å². The lowest BCUT2D eigenvalue weighted by Gasteiger charge is -2.24. The van der Waals surface area contributed by atoms with E-state index in [-0.39, 0.29) is 43.6 Å². The van der Waals surface area contributed by atoms with Crippen molar-refractivity contribution in [3.05, 3.63) is 62.3 Å². The number of nitrogen functional groups attached to an aromatic ring is 1. The molecule has 0 unspecified atom stereocenters. The zero-order chi connectivity index (χ0) is 21.7. The molecule has 1 amide bonds. The maximum atomic E-state index is 13.0. The molecule has 0 radical (unpaired) electrons. The monoisotopic (exact) mass is 401 g/mol. The number of amides is 1. The second kappa shape index (κ2) is 9.33. The third-order valence-electron chi connectivity index (χ3n) is 4.68. The summed E-state index contributed by atoms with van der Waals surface area (Å²) in [6, 6.07) is 8.98. The number of carbonyl (C=O) groups is 2. The molecule has 1 heterocycles. The van der Waals surface area contributed by atoms with Crippen LogP contribution in [0.5, 0.6) is 0 Å². The van der Waals surface area contributed by atoms with Gasteiger partial charge in [0.25, 0.3) is 5.56 Å². The first-order chi connectivity index (χ1) is 13.7. The van der Waals surface area contributed by atoms with Gasteiger partial charge in [-0.05, 0) is 26.3 Å². The fourth-order valence-electron chi connectivity index (χ4n) is 3.06. The molecule has 29 heavy (non-hydrogen) atoms. The van der Waals surface area contributed by atoms with Gasteiger partial charge in [0.2, 0.25) is 5.91 Å². The topological polar surface area (TPSA) is 133 Å². The average molecular weight is 401 g/mol. The first-order valence-corrected chi connectivity index (χ1v) is 9.39. The second-order valence-electron chi connectivity index (χ2n) is 7.05. The lowest BCUT2D eigenvalue weighted by Crippen LogP contribution is -2.47. The van der Waals surface area contributed by atoms with Crippen molar-refractivity contribution in [2.45, 2.75) is 39.9 Å². The largest absolute Gasteiger partial charge is 0.384 e. The van der Waals surface area contributed by atoms with E-state index in [4.69, 9.17) is 11.5 Å². The molecule has 2 rings (SSSR count). The van der Waals surface area contributed by atoms with Crippen molar-refractivity contribution >= 4 is 17.5 Å². The summed E-state index contributed by atoms with van der Waals surface area (Å²) in [5, 5.41) is 0. The van der Waals surface area contributed by atoms with Gasteiger partial charge in [-0.25, -0.2) is 4.79 Å². The van der Waals surface area contributed by atoms with Crippen LogP contribution >= 0.6 is 0 Å². The highest BCUT2D eigenvalue weighted by Gasteiger charge is 2.25. The quantitative estimate of drug-likeness (QED) is 0.570. The van der Waals surface area contributed by atoms with Gasteiger partial charge in [0, 0.05) is 12.6 Å². The lowest BCUT2D eigenvalue weighted by atomic mass is 10.1. The number of hydrogen-bond acceptors (Lipinski definition) is 6. The van der Waals surface area contributed by atoms with Crippen LogP contribution in [0.3, 0.4) is 0 Å². The molecule has 9 nitrogen and oxygen atoms in total. The Hall–Kier alpha value is -3.20. The van der Waals surface area contributed by atoms with Gasteiger partial charge >= 0.3 is 5.69 Å². The molecule has 4 N–H and O–H groups in total. The van der Waals surface area contributed by atoms with Gasteiger partial charge in [-0.1, -0.05) is 30.3 Å². The van der Waals surface area contributed by atoms with Crippen LogP contribution in [-0.2, 0) is 17.9 Å². The van der Waals surface area contributed by atoms with Crippen LogP contribution in [-0.4, -0.2) is 44.9 Å². The van der Waals surface area contributed by atoms with Gasteiger partial charge in [-0.15, -0.1) is 0 Å². The summed E-state index contributed by atoms with van der Waals surface area (Å²) in [6.07, 6.45) is 0. The highest BCUT2D eigenvalue weighted by molar-refractivity contribution is 6.01. The Kier molecular flexibility index (Phi) is 7.11. The summed E-state index contributed by atoms with van der Waals surface area (Å²) in [6.45, 7) is 5.14. The van der Waals surface area contributed by atoms with Gasteiger partial charge in [0.1, 0.15) is 11.4 Å². The minimum Gasteiger partial charge on any atom is -0.384 e. The van der Waals surface area contributed by atoms with E-state index in [2.05, 4.69) is 0 Å². The minimum absolute atomic E-state index is 0.0994. The summed E-state index contributed by atoms with van der Waals surface area (Å²) in [5.41, 5.74) is 10.6. The molecule has 0 fully saturated rings. The molecule has 9 heteroatoms. The van der Waals surface area contributed by atoms with E-state index >= 15 is 0 Å². The van der Waals surface area contributed by atoms with Crippen molar-refractivity contribution in [1.29, 1.82) is 0 Å². The number of nitrogens with zero attached hydrogens (tertiary/aromatic N) is 3. The standard InChI is InChI=1S/C20H27N5O4/c1-4-24-19(28)17(15(26)11-23(13(2)3)12-16(21)27)18(22)25(20(24)29)10-14-8-6-5-7-9-14/h5-9,13H,4,10-12,22H2,1-3H3,(H2,21,27). The molecule has 0 bridgehead atoms. The zero-order valence-corrected chi connectivity index (χ0v) is 16.9. The molecule has 0 atom stereocenters. The lowest BCUT2D eigenvalue weighted by molar-refractivity contribution is -0.119. The van der Waals surface area contributed by atoms with Crippen molar-refractivity contribution in [3.8, 4) is 0 Å². The Balaban J connectivity index is 2.54. The van der Waals surface area contributed by atoms with Crippen molar-refractivity contribution in [2.24, 2.45) is 5.73 Å². The number of ketones is 1. The van der Waals surface area contributed by atoms with E-state index in [1.807, 2.05) is 30.3 Å². The highest BCUT2D eigenvalue weighted by atomic mass is 16.2. The SMILES string of the molecule is CCn1c(=O)c(C(=O)CN(CC(N)=O)C(C)C)c(N)n(Cc2ccccc2)c1=O. The molecular weight excluding hydrogens is 374 g/mol. The van der Waals surface area contributed by atoms with Gasteiger partial charge in [-0.3, -0.25) is 28.4 Å². The van der Waals surface area contributed by atoms with Crippen LogP contribution < -0.4 is 22.7 Å². The summed E-state index contributed by atoms with van der Waals surface area (Å²) in [4.78, 5) is 51.4. The molecule has 0 aliphatic carbocycles. The number of anilines is 1. The van der Waals surface area contributed by atoms with E-state index in [0.29, 0.717) is 0 Å². The van der Waals surface area contributed by atoms with Crippen LogP contribution in [0, 0.1) is 0 Å². The third-order valence-corrected chi connectivity index (χ3v) is 4.68. The van der Waals surface area contributed by atoms with Crippen LogP contribution in [0.4, 0.5) is 5.82 Å². The van der Waals surface area contributed by atoms with Crippen molar-refractivity contribution in [3.63, 3.8) is 0 Å². The third kappa shape index (κ3) is 5.00. The van der Waals surface area contributed by atoms with Crippen LogP contribution in [0.1, 0.15) is 36.7 Å². The highest BCUT2D eigenvalue weighted by Crippen LogP contribution is 2.11. The maximum Gasteiger partial charge on any atom is 0.332 e. The van der Waals surface area contributed by atoms with Gasteiger partial charge in [-0.2, -0.15) is 0 Å². The number of carbonyl (C=O) groups excluding carboxylic acids is 2. The second-order valence-corrected chi connectivity index (χ2v) is 7.05. The van der Waals surface area contributed by atoms with Gasteiger partial charge in [0.05, 0.1) is 19.6 Å². The van der Waals surface area contributed by atoms with Crippen molar-refractivity contribution < 1.29 is 9.59 Å².